The van der Waals surface area contributed by atoms with Gasteiger partial charge in [-0.15, -0.1) is 9.24 Å². The number of rotatable bonds is 3. The van der Waals surface area contributed by atoms with Crippen molar-refractivity contribution in [3.63, 3.8) is 0 Å². The first kappa shape index (κ1) is 15.4. The molecule has 0 aromatic heterocycles. The number of carbonyl (C=O) groups is 2. The topological polar surface area (TPSA) is 75.6 Å². The summed E-state index contributed by atoms with van der Waals surface area (Å²) in [6.07, 6.45) is -0.392. The molecule has 0 bridgehead atoms. The molecule has 0 aliphatic carbocycles. The van der Waals surface area contributed by atoms with Crippen LogP contribution in [0.4, 0.5) is 4.79 Å². The highest BCUT2D eigenvalue weighted by Crippen LogP contribution is 2.01. The van der Waals surface area contributed by atoms with E-state index in [4.69, 9.17) is 14.6 Å². The van der Waals surface area contributed by atoms with E-state index in [2.05, 4.69) is 14.6 Å². The average molecular weight is 257 g/mol. The summed E-state index contributed by atoms with van der Waals surface area (Å²) in [7, 11) is 2.47. The zero-order chi connectivity index (χ0) is 13.1. The zero-order valence-electron chi connectivity index (χ0n) is 9.50. The Kier molecular flexibility index (Phi) is 8.69. The molecule has 0 aliphatic rings. The third-order valence-corrected chi connectivity index (χ3v) is 1.72. The summed E-state index contributed by atoms with van der Waals surface area (Å²) >= 11 is 0. The van der Waals surface area contributed by atoms with Gasteiger partial charge in [0.15, 0.2) is 0 Å². The van der Waals surface area contributed by atoms with Crippen LogP contribution in [0.3, 0.4) is 0 Å². The predicted octanol–water partition coefficient (Wildman–Crippen LogP) is 1.83. The van der Waals surface area contributed by atoms with Crippen molar-refractivity contribution in [2.45, 2.75) is 19.3 Å². The molecule has 1 rings (SSSR count). The van der Waals surface area contributed by atoms with Crippen LogP contribution in [0.15, 0.2) is 30.3 Å². The lowest BCUT2D eigenvalue weighted by molar-refractivity contribution is -0.122. The van der Waals surface area contributed by atoms with Crippen molar-refractivity contribution in [2.75, 3.05) is 0 Å². The number of hydrogen-bond acceptors (Lipinski definition) is 3. The van der Waals surface area contributed by atoms with Gasteiger partial charge >= 0.3 is 6.09 Å². The molecule has 0 heterocycles. The summed E-state index contributed by atoms with van der Waals surface area (Å²) < 4.78 is 4.98. The number of carboxylic acid groups (broad SMARTS) is 1. The van der Waals surface area contributed by atoms with Crippen LogP contribution in [0.1, 0.15) is 12.5 Å². The van der Waals surface area contributed by atoms with Gasteiger partial charge in [-0.3, -0.25) is 4.79 Å². The van der Waals surface area contributed by atoms with Crippen molar-refractivity contribution in [3.8, 4) is 0 Å². The Morgan fingerprint density at radius 1 is 1.53 bits per heavy atom. The summed E-state index contributed by atoms with van der Waals surface area (Å²) in [5, 5.41) is 9.50. The molecular formula is C11H16NO4P. The second-order valence-corrected chi connectivity index (χ2v) is 4.10. The maximum Gasteiger partial charge on any atom is 0.407 e. The van der Waals surface area contributed by atoms with Crippen LogP contribution in [-0.2, 0) is 16.1 Å². The van der Waals surface area contributed by atoms with Crippen molar-refractivity contribution in [3.05, 3.63) is 35.9 Å². The second kappa shape index (κ2) is 9.60. The number of nitrogens with one attached hydrogen (secondary N) is 1. The minimum absolute atomic E-state index is 0.0262. The number of hydrogen-bond donors (Lipinski definition) is 2. The number of carbonyl (C=O) groups excluding carboxylic acids is 1. The van der Waals surface area contributed by atoms with Gasteiger partial charge in [-0.05, 0) is 12.5 Å². The van der Waals surface area contributed by atoms with E-state index in [1.807, 2.05) is 37.3 Å². The minimum atomic E-state index is -0.392. The fourth-order valence-electron chi connectivity index (χ4n) is 0.951. The molecule has 94 valence electrons. The molecule has 0 aliphatic heterocycles. The van der Waals surface area contributed by atoms with E-state index in [9.17, 15) is 4.79 Å². The van der Waals surface area contributed by atoms with Gasteiger partial charge in [0, 0.05) is 5.78 Å². The van der Waals surface area contributed by atoms with Crippen LogP contribution in [0, 0.1) is 0 Å². The standard InChI is InChI=1S/C10H14NO2P.CH2O2/c1-8(14)11-10(12)13-7-9-5-3-2-4-6-9;2-1-3/h2-6,8H,7,14H2,1H3,(H,11,12);1H,(H,2,3). The summed E-state index contributed by atoms with van der Waals surface area (Å²) in [4.78, 5) is 19.4. The number of benzene rings is 1. The smallest absolute Gasteiger partial charge is 0.407 e. The highest BCUT2D eigenvalue weighted by atomic mass is 31.0. The molecule has 17 heavy (non-hydrogen) atoms. The van der Waals surface area contributed by atoms with Gasteiger partial charge in [0.05, 0.1) is 0 Å². The third-order valence-electron chi connectivity index (χ3n) is 1.56. The van der Waals surface area contributed by atoms with Gasteiger partial charge in [-0.25, -0.2) is 4.79 Å². The number of alkyl carbamates (subject to hydrolysis) is 1. The lowest BCUT2D eigenvalue weighted by atomic mass is 10.2. The molecule has 1 aromatic carbocycles. The van der Waals surface area contributed by atoms with E-state index in [0.717, 1.165) is 5.56 Å². The molecule has 0 saturated carbocycles. The Labute approximate surface area is 102 Å². The molecule has 2 N–H and O–H groups in total. The molecule has 0 fully saturated rings. The molecule has 2 atom stereocenters. The van der Waals surface area contributed by atoms with Crippen LogP contribution in [0.25, 0.3) is 0 Å². The highest BCUT2D eigenvalue weighted by molar-refractivity contribution is 7.17. The van der Waals surface area contributed by atoms with Crippen molar-refractivity contribution in [1.29, 1.82) is 0 Å². The van der Waals surface area contributed by atoms with Crippen molar-refractivity contribution >= 4 is 21.8 Å². The minimum Gasteiger partial charge on any atom is -0.483 e. The van der Waals surface area contributed by atoms with Crippen molar-refractivity contribution < 1.29 is 19.4 Å². The first-order chi connectivity index (χ1) is 8.10. The van der Waals surface area contributed by atoms with Gasteiger partial charge in [0.25, 0.3) is 6.47 Å². The molecule has 2 unspecified atom stereocenters. The molecule has 6 heteroatoms. The van der Waals surface area contributed by atoms with E-state index in [1.54, 1.807) is 0 Å². The van der Waals surface area contributed by atoms with Crippen LogP contribution in [-0.4, -0.2) is 23.5 Å². The Morgan fingerprint density at radius 3 is 2.53 bits per heavy atom. The van der Waals surface area contributed by atoms with Crippen LogP contribution in [0.5, 0.6) is 0 Å². The molecule has 1 aromatic rings. The summed E-state index contributed by atoms with van der Waals surface area (Å²) in [5.41, 5.74) is 0.985. The largest absolute Gasteiger partial charge is 0.483 e. The van der Waals surface area contributed by atoms with Gasteiger partial charge in [-0.2, -0.15) is 0 Å². The highest BCUT2D eigenvalue weighted by Gasteiger charge is 2.03. The zero-order valence-corrected chi connectivity index (χ0v) is 10.7. The summed E-state index contributed by atoms with van der Waals surface area (Å²) in [6, 6.07) is 9.58. The van der Waals surface area contributed by atoms with E-state index in [1.165, 1.54) is 0 Å². The quantitative estimate of drug-likeness (QED) is 0.640. The van der Waals surface area contributed by atoms with Gasteiger partial charge < -0.3 is 15.2 Å². The van der Waals surface area contributed by atoms with Crippen molar-refractivity contribution in [1.82, 2.24) is 5.32 Å². The maximum absolute atomic E-state index is 11.1. The fourth-order valence-corrected chi connectivity index (χ4v) is 1.09. The molecule has 0 spiro atoms. The Bertz CT molecular complexity index is 330. The summed E-state index contributed by atoms with van der Waals surface area (Å²) in [5.74, 6) is 0.0262. The summed E-state index contributed by atoms with van der Waals surface area (Å²) in [6.45, 7) is 1.92. The van der Waals surface area contributed by atoms with Gasteiger partial charge in [0.1, 0.15) is 6.61 Å². The third kappa shape index (κ3) is 9.33. The van der Waals surface area contributed by atoms with Crippen LogP contribution in [0.2, 0.25) is 0 Å². The monoisotopic (exact) mass is 257 g/mol. The lowest BCUT2D eigenvalue weighted by Crippen LogP contribution is -2.28. The molecule has 0 saturated heterocycles. The predicted molar refractivity (Wildman–Crippen MR) is 67.6 cm³/mol. The lowest BCUT2D eigenvalue weighted by Gasteiger charge is -2.08. The maximum atomic E-state index is 11.1. The average Bonchev–Trinajstić information content (AvgIpc) is 2.28. The number of amides is 1. The van der Waals surface area contributed by atoms with Gasteiger partial charge in [0.2, 0.25) is 0 Å². The molecule has 0 radical (unpaired) electrons. The van der Waals surface area contributed by atoms with E-state index < -0.39 is 6.09 Å². The van der Waals surface area contributed by atoms with E-state index in [-0.39, 0.29) is 12.3 Å². The van der Waals surface area contributed by atoms with Crippen LogP contribution < -0.4 is 5.32 Å². The second-order valence-electron chi connectivity index (χ2n) is 3.10. The van der Waals surface area contributed by atoms with Crippen LogP contribution >= 0.6 is 9.24 Å². The SMILES string of the molecule is CC(P)NC(=O)OCc1ccccc1.O=CO. The van der Waals surface area contributed by atoms with E-state index in [0.29, 0.717) is 6.61 Å². The molecule has 5 nitrogen and oxygen atoms in total. The van der Waals surface area contributed by atoms with Gasteiger partial charge in [-0.1, -0.05) is 30.3 Å². The Morgan fingerprint density at radius 2 is 2.06 bits per heavy atom. The fraction of sp³-hybridized carbons (Fsp3) is 0.273. The van der Waals surface area contributed by atoms with E-state index >= 15 is 0 Å². The molecule has 1 amide bonds. The number of ether oxygens (including phenoxy) is 1. The van der Waals surface area contributed by atoms with Crippen molar-refractivity contribution in [2.24, 2.45) is 0 Å². The first-order valence-corrected chi connectivity index (χ1v) is 5.57. The Hall–Kier alpha value is -1.61. The molecular weight excluding hydrogens is 241 g/mol. The first-order valence-electron chi connectivity index (χ1n) is 4.90. The normalized spacial score (nSPS) is 10.5. The Balaban J connectivity index is 0.000000770.